The van der Waals surface area contributed by atoms with Crippen molar-refractivity contribution in [2.24, 2.45) is 0 Å². The predicted octanol–water partition coefficient (Wildman–Crippen LogP) is 4.17. The van der Waals surface area contributed by atoms with Gasteiger partial charge in [-0.15, -0.1) is 0 Å². The molecule has 0 aliphatic rings. The highest BCUT2D eigenvalue weighted by Crippen LogP contribution is 2.19. The van der Waals surface area contributed by atoms with Crippen molar-refractivity contribution in [1.82, 2.24) is 0 Å². The van der Waals surface area contributed by atoms with E-state index < -0.39 is 8.32 Å². The van der Waals surface area contributed by atoms with Crippen molar-refractivity contribution in [3.63, 3.8) is 0 Å². The minimum Gasteiger partial charge on any atom is -0.519 e. The molecule has 1 aromatic rings. The minimum absolute atomic E-state index is 0.644. The van der Waals surface area contributed by atoms with Gasteiger partial charge < -0.3 is 9.16 Å². The molecule has 0 atom stereocenters. The van der Waals surface area contributed by atoms with Crippen LogP contribution in [0.4, 0.5) is 0 Å². The molecular weight excluding hydrogens is 216 g/mol. The van der Waals surface area contributed by atoms with Gasteiger partial charge in [0.1, 0.15) is 5.75 Å². The molecule has 0 saturated heterocycles. The topological polar surface area (TPSA) is 18.5 Å². The zero-order valence-electron chi connectivity index (χ0n) is 10.7. The molecule has 0 aliphatic carbocycles. The summed E-state index contributed by atoms with van der Waals surface area (Å²) in [5, 5.41) is 0. The molecule has 0 heterocycles. The van der Waals surface area contributed by atoms with E-state index in [1.807, 2.05) is 44.2 Å². The molecule has 0 N–H and O–H groups in total. The zero-order valence-corrected chi connectivity index (χ0v) is 11.7. The molecule has 0 aliphatic heterocycles. The molecule has 0 unspecified atom stereocenters. The smallest absolute Gasteiger partial charge is 0.269 e. The van der Waals surface area contributed by atoms with Crippen molar-refractivity contribution in [2.45, 2.75) is 33.5 Å². The summed E-state index contributed by atoms with van der Waals surface area (Å²) in [6, 6.07) is 9.72. The maximum atomic E-state index is 5.90. The lowest BCUT2D eigenvalue weighted by molar-refractivity contribution is 0.215. The number of hydrogen-bond acceptors (Lipinski definition) is 2. The lowest BCUT2D eigenvalue weighted by atomic mass is 10.3. The summed E-state index contributed by atoms with van der Waals surface area (Å²) in [5.74, 6) is 1.46. The summed E-state index contributed by atoms with van der Waals surface area (Å²) in [6.45, 7) is 10.4. The standard InChI is InChI=1S/C13H20O2Si/c1-11(2)13(15-16(3,4)5)14-12-9-7-6-8-10-12/h6-10H,1-5H3. The Morgan fingerprint density at radius 2 is 1.56 bits per heavy atom. The Hall–Kier alpha value is -1.22. The Bertz CT molecular complexity index is 359. The first-order valence-corrected chi connectivity index (χ1v) is 8.89. The van der Waals surface area contributed by atoms with Gasteiger partial charge in [0.2, 0.25) is 8.32 Å². The monoisotopic (exact) mass is 236 g/mol. The van der Waals surface area contributed by atoms with E-state index in [0.29, 0.717) is 5.95 Å². The fourth-order valence-corrected chi connectivity index (χ4v) is 1.90. The second kappa shape index (κ2) is 5.21. The normalized spacial score (nSPS) is 10.8. The van der Waals surface area contributed by atoms with Gasteiger partial charge in [0.25, 0.3) is 5.95 Å². The third kappa shape index (κ3) is 4.53. The van der Waals surface area contributed by atoms with Crippen molar-refractivity contribution >= 4 is 8.32 Å². The molecule has 0 aromatic heterocycles. The van der Waals surface area contributed by atoms with Gasteiger partial charge in [0.05, 0.1) is 0 Å². The second-order valence-corrected chi connectivity index (χ2v) is 9.35. The van der Waals surface area contributed by atoms with E-state index in [1.165, 1.54) is 0 Å². The number of rotatable bonds is 4. The number of allylic oxidation sites excluding steroid dienone is 1. The van der Waals surface area contributed by atoms with Crippen molar-refractivity contribution in [3.8, 4) is 5.75 Å². The van der Waals surface area contributed by atoms with Gasteiger partial charge in [-0.25, -0.2) is 0 Å². The van der Waals surface area contributed by atoms with Crippen molar-refractivity contribution in [2.75, 3.05) is 0 Å². The van der Waals surface area contributed by atoms with E-state index in [1.54, 1.807) is 0 Å². The third-order valence-electron chi connectivity index (χ3n) is 1.76. The van der Waals surface area contributed by atoms with Crippen molar-refractivity contribution in [3.05, 3.63) is 41.9 Å². The fraction of sp³-hybridized carbons (Fsp3) is 0.385. The van der Waals surface area contributed by atoms with Gasteiger partial charge in [-0.3, -0.25) is 0 Å². The molecule has 0 amide bonds. The quantitative estimate of drug-likeness (QED) is 0.577. The summed E-state index contributed by atoms with van der Waals surface area (Å²) < 4.78 is 11.6. The molecular formula is C13H20O2Si. The first kappa shape index (κ1) is 12.8. The third-order valence-corrected chi connectivity index (χ3v) is 2.56. The molecule has 0 bridgehead atoms. The molecule has 16 heavy (non-hydrogen) atoms. The molecule has 0 fully saturated rings. The van der Waals surface area contributed by atoms with E-state index in [9.17, 15) is 0 Å². The van der Waals surface area contributed by atoms with E-state index >= 15 is 0 Å². The van der Waals surface area contributed by atoms with Gasteiger partial charge in [-0.2, -0.15) is 0 Å². The lowest BCUT2D eigenvalue weighted by Crippen LogP contribution is -2.27. The second-order valence-electron chi connectivity index (χ2n) is 4.92. The highest BCUT2D eigenvalue weighted by molar-refractivity contribution is 6.70. The van der Waals surface area contributed by atoms with Crippen LogP contribution in [0.3, 0.4) is 0 Å². The number of para-hydroxylation sites is 1. The molecule has 88 valence electrons. The van der Waals surface area contributed by atoms with Crippen LogP contribution in [0.15, 0.2) is 41.9 Å². The molecule has 1 rings (SSSR count). The van der Waals surface area contributed by atoms with Crippen LogP contribution in [0.2, 0.25) is 19.6 Å². The van der Waals surface area contributed by atoms with Crippen LogP contribution in [0.1, 0.15) is 13.8 Å². The Kier molecular flexibility index (Phi) is 4.18. The lowest BCUT2D eigenvalue weighted by Gasteiger charge is -2.22. The molecule has 0 spiro atoms. The maximum absolute atomic E-state index is 5.90. The number of benzene rings is 1. The largest absolute Gasteiger partial charge is 0.519 e. The van der Waals surface area contributed by atoms with Crippen LogP contribution in [0.25, 0.3) is 0 Å². The number of hydrogen-bond donors (Lipinski definition) is 0. The van der Waals surface area contributed by atoms with E-state index in [2.05, 4.69) is 19.6 Å². The predicted molar refractivity (Wildman–Crippen MR) is 69.9 cm³/mol. The van der Waals surface area contributed by atoms with Crippen molar-refractivity contribution < 1.29 is 9.16 Å². The minimum atomic E-state index is -1.62. The summed E-state index contributed by atoms with van der Waals surface area (Å²) in [6.07, 6.45) is 0. The van der Waals surface area contributed by atoms with Crippen LogP contribution in [0, 0.1) is 0 Å². The van der Waals surface area contributed by atoms with Gasteiger partial charge in [0.15, 0.2) is 0 Å². The Labute approximate surface area is 99.0 Å². The van der Waals surface area contributed by atoms with Crippen molar-refractivity contribution in [1.29, 1.82) is 0 Å². The molecule has 0 radical (unpaired) electrons. The Morgan fingerprint density at radius 3 is 2.00 bits per heavy atom. The fourth-order valence-electron chi connectivity index (χ4n) is 1.10. The average molecular weight is 236 g/mol. The highest BCUT2D eigenvalue weighted by atomic mass is 28.4. The van der Waals surface area contributed by atoms with Gasteiger partial charge in [0, 0.05) is 5.57 Å². The Morgan fingerprint density at radius 1 is 1.00 bits per heavy atom. The average Bonchev–Trinajstić information content (AvgIpc) is 2.16. The summed E-state index contributed by atoms with van der Waals surface area (Å²) in [5.41, 5.74) is 1.06. The van der Waals surface area contributed by atoms with Gasteiger partial charge >= 0.3 is 0 Å². The summed E-state index contributed by atoms with van der Waals surface area (Å²) in [4.78, 5) is 0. The van der Waals surface area contributed by atoms with Crippen LogP contribution >= 0.6 is 0 Å². The first-order chi connectivity index (χ1) is 7.38. The molecule has 1 aromatic carbocycles. The highest BCUT2D eigenvalue weighted by Gasteiger charge is 2.19. The van der Waals surface area contributed by atoms with Gasteiger partial charge in [-0.1, -0.05) is 18.2 Å². The summed E-state index contributed by atoms with van der Waals surface area (Å²) in [7, 11) is -1.62. The van der Waals surface area contributed by atoms with E-state index in [4.69, 9.17) is 9.16 Å². The number of ether oxygens (including phenoxy) is 1. The molecule has 3 heteroatoms. The Balaban J connectivity index is 2.79. The zero-order chi connectivity index (χ0) is 12.2. The summed E-state index contributed by atoms with van der Waals surface area (Å²) >= 11 is 0. The van der Waals surface area contributed by atoms with E-state index in [-0.39, 0.29) is 0 Å². The van der Waals surface area contributed by atoms with E-state index in [0.717, 1.165) is 11.3 Å². The van der Waals surface area contributed by atoms with Crippen LogP contribution < -0.4 is 4.74 Å². The van der Waals surface area contributed by atoms with Crippen LogP contribution in [-0.4, -0.2) is 8.32 Å². The van der Waals surface area contributed by atoms with Crippen LogP contribution in [-0.2, 0) is 4.43 Å². The maximum Gasteiger partial charge on any atom is 0.269 e. The molecule has 2 nitrogen and oxygen atoms in total. The van der Waals surface area contributed by atoms with Crippen LogP contribution in [0.5, 0.6) is 5.75 Å². The molecule has 0 saturated carbocycles. The van der Waals surface area contributed by atoms with Gasteiger partial charge in [-0.05, 0) is 45.6 Å². The SMILES string of the molecule is CC(C)=C(Oc1ccccc1)O[Si](C)(C)C. The first-order valence-electron chi connectivity index (χ1n) is 5.48.